The fourth-order valence-electron chi connectivity index (χ4n) is 3.90. The molecule has 4 rings (SSSR count). The van der Waals surface area contributed by atoms with Gasteiger partial charge < -0.3 is 10.3 Å². The smallest absolute Gasteiger partial charge is 0.358 e. The first-order valence-electron chi connectivity index (χ1n) is 8.44. The van der Waals surface area contributed by atoms with Gasteiger partial charge >= 0.3 is 6.18 Å². The van der Waals surface area contributed by atoms with Crippen LogP contribution in [0.4, 0.5) is 13.2 Å². The van der Waals surface area contributed by atoms with E-state index in [4.69, 9.17) is 0 Å². The molecule has 2 nitrogen and oxygen atoms in total. The lowest BCUT2D eigenvalue weighted by Crippen LogP contribution is -2.40. The average molecular weight is 324 g/mol. The summed E-state index contributed by atoms with van der Waals surface area (Å²) < 4.78 is 38.7. The van der Waals surface area contributed by atoms with Gasteiger partial charge in [-0.2, -0.15) is 13.2 Å². The summed E-state index contributed by atoms with van der Waals surface area (Å²) in [6, 6.07) is 4.04. The molecule has 23 heavy (non-hydrogen) atoms. The second-order valence-electron chi connectivity index (χ2n) is 6.26. The molecule has 1 saturated heterocycles. The Labute approximate surface area is 134 Å². The molecule has 1 aromatic carbocycles. The normalized spacial score (nSPS) is 23.7. The average Bonchev–Trinajstić information content (AvgIpc) is 2.90. The summed E-state index contributed by atoms with van der Waals surface area (Å²) in [6.45, 7) is 6.03. The Bertz CT molecular complexity index is 687. The zero-order valence-electron chi connectivity index (χ0n) is 13.6. The Hall–Kier alpha value is -1.49. The molecular weight excluding hydrogens is 301 g/mol. The summed E-state index contributed by atoms with van der Waals surface area (Å²) in [5, 5.41) is 4.15. The van der Waals surface area contributed by atoms with Crippen molar-refractivity contribution in [2.24, 2.45) is 11.8 Å². The van der Waals surface area contributed by atoms with E-state index in [2.05, 4.69) is 10.3 Å². The minimum atomic E-state index is -4.28. The van der Waals surface area contributed by atoms with Crippen LogP contribution in [0.3, 0.4) is 0 Å². The molecule has 0 amide bonds. The Morgan fingerprint density at radius 1 is 1.09 bits per heavy atom. The molecule has 2 atom stereocenters. The highest BCUT2D eigenvalue weighted by Gasteiger charge is 2.34. The molecule has 1 aliphatic carbocycles. The zero-order valence-corrected chi connectivity index (χ0v) is 13.6. The molecule has 0 spiro atoms. The van der Waals surface area contributed by atoms with Crippen LogP contribution < -0.4 is 5.32 Å². The Kier molecular flexibility index (Phi) is 4.41. The van der Waals surface area contributed by atoms with Crippen molar-refractivity contribution in [1.82, 2.24) is 10.3 Å². The molecule has 2 aliphatic rings. The first-order valence-corrected chi connectivity index (χ1v) is 8.44. The standard InChI is InChI=1S/C16H17F3N2.C2H6/c17-16(18,19)11-1-2-14-13(7-11)12-5-10-8-20-4-3-9(10)6-15(12)21-14;1-2/h1-2,7,9-10,20-21H,3-6,8H2;1-2H3. The van der Waals surface area contributed by atoms with Crippen molar-refractivity contribution in [2.75, 3.05) is 13.1 Å². The molecule has 1 fully saturated rings. The lowest BCUT2D eigenvalue weighted by Gasteiger charge is -2.35. The van der Waals surface area contributed by atoms with E-state index in [1.54, 1.807) is 6.07 Å². The second-order valence-corrected chi connectivity index (χ2v) is 6.26. The van der Waals surface area contributed by atoms with E-state index in [1.165, 1.54) is 12.1 Å². The minimum Gasteiger partial charge on any atom is -0.358 e. The monoisotopic (exact) mass is 324 g/mol. The third-order valence-corrected chi connectivity index (χ3v) is 5.02. The second kappa shape index (κ2) is 6.19. The SMILES string of the molecule is CC.FC(F)(F)c1ccc2[nH]c3c(c2c1)CC1CNCCC1C3. The fraction of sp³-hybridized carbons (Fsp3) is 0.556. The van der Waals surface area contributed by atoms with Crippen molar-refractivity contribution >= 4 is 10.9 Å². The molecule has 1 aliphatic heterocycles. The van der Waals surface area contributed by atoms with Gasteiger partial charge in [0.1, 0.15) is 0 Å². The number of benzene rings is 1. The van der Waals surface area contributed by atoms with Gasteiger partial charge in [-0.05, 0) is 68.0 Å². The van der Waals surface area contributed by atoms with Gasteiger partial charge in [-0.1, -0.05) is 13.8 Å². The topological polar surface area (TPSA) is 27.8 Å². The first-order chi connectivity index (χ1) is 11.0. The quantitative estimate of drug-likeness (QED) is 0.732. The predicted molar refractivity (Wildman–Crippen MR) is 86.5 cm³/mol. The van der Waals surface area contributed by atoms with Crippen LogP contribution in [0.1, 0.15) is 37.1 Å². The van der Waals surface area contributed by atoms with E-state index < -0.39 is 11.7 Å². The van der Waals surface area contributed by atoms with Crippen LogP contribution in [0, 0.1) is 11.8 Å². The molecule has 0 radical (unpaired) electrons. The van der Waals surface area contributed by atoms with Crippen molar-refractivity contribution in [3.8, 4) is 0 Å². The minimum absolute atomic E-state index is 0.555. The number of aromatic amines is 1. The lowest BCUT2D eigenvalue weighted by molar-refractivity contribution is -0.137. The highest BCUT2D eigenvalue weighted by Crippen LogP contribution is 2.39. The van der Waals surface area contributed by atoms with Crippen LogP contribution in [-0.2, 0) is 19.0 Å². The molecule has 2 unspecified atom stereocenters. The number of aromatic nitrogens is 1. The van der Waals surface area contributed by atoms with Crippen molar-refractivity contribution < 1.29 is 13.2 Å². The van der Waals surface area contributed by atoms with E-state index in [9.17, 15) is 13.2 Å². The maximum atomic E-state index is 12.9. The predicted octanol–water partition coefficient (Wildman–Crippen LogP) is 4.54. The number of fused-ring (bicyclic) bond motifs is 4. The van der Waals surface area contributed by atoms with Gasteiger partial charge in [0, 0.05) is 16.6 Å². The van der Waals surface area contributed by atoms with E-state index in [-0.39, 0.29) is 0 Å². The number of H-pyrrole nitrogens is 1. The zero-order chi connectivity index (χ0) is 16.6. The van der Waals surface area contributed by atoms with Gasteiger partial charge in [-0.15, -0.1) is 0 Å². The number of hydrogen-bond acceptors (Lipinski definition) is 1. The summed E-state index contributed by atoms with van der Waals surface area (Å²) in [7, 11) is 0. The van der Waals surface area contributed by atoms with Crippen molar-refractivity contribution in [1.29, 1.82) is 0 Å². The third-order valence-electron chi connectivity index (χ3n) is 5.02. The summed E-state index contributed by atoms with van der Waals surface area (Å²) in [5.41, 5.74) is 2.52. The van der Waals surface area contributed by atoms with Crippen LogP contribution >= 0.6 is 0 Å². The number of piperidine rings is 1. The number of alkyl halides is 3. The summed E-state index contributed by atoms with van der Waals surface area (Å²) in [5.74, 6) is 1.22. The summed E-state index contributed by atoms with van der Waals surface area (Å²) in [6.07, 6.45) is -1.26. The highest BCUT2D eigenvalue weighted by molar-refractivity contribution is 5.85. The van der Waals surface area contributed by atoms with E-state index in [0.29, 0.717) is 11.8 Å². The largest absolute Gasteiger partial charge is 0.416 e. The van der Waals surface area contributed by atoms with Crippen molar-refractivity contribution in [2.45, 2.75) is 39.3 Å². The van der Waals surface area contributed by atoms with Crippen LogP contribution in [-0.4, -0.2) is 18.1 Å². The molecule has 2 N–H and O–H groups in total. The Balaban J connectivity index is 0.000000753. The molecule has 2 aromatic rings. The van der Waals surface area contributed by atoms with Gasteiger partial charge in [0.2, 0.25) is 0 Å². The number of halogens is 3. The van der Waals surface area contributed by atoms with E-state index >= 15 is 0 Å². The summed E-state index contributed by atoms with van der Waals surface area (Å²) >= 11 is 0. The third kappa shape index (κ3) is 2.99. The molecule has 2 heterocycles. The van der Waals surface area contributed by atoms with Gasteiger partial charge in [-0.25, -0.2) is 0 Å². The van der Waals surface area contributed by atoms with Crippen LogP contribution in [0.15, 0.2) is 18.2 Å². The number of hydrogen-bond donors (Lipinski definition) is 2. The first kappa shape index (κ1) is 16.4. The maximum absolute atomic E-state index is 12.9. The molecule has 0 bridgehead atoms. The number of nitrogens with one attached hydrogen (secondary N) is 2. The molecule has 0 saturated carbocycles. The van der Waals surface area contributed by atoms with Crippen molar-refractivity contribution in [3.63, 3.8) is 0 Å². The van der Waals surface area contributed by atoms with Crippen LogP contribution in [0.2, 0.25) is 0 Å². The maximum Gasteiger partial charge on any atom is 0.416 e. The van der Waals surface area contributed by atoms with E-state index in [1.807, 2.05) is 13.8 Å². The molecule has 1 aromatic heterocycles. The van der Waals surface area contributed by atoms with Gasteiger partial charge in [0.25, 0.3) is 0 Å². The van der Waals surface area contributed by atoms with Crippen LogP contribution in [0.5, 0.6) is 0 Å². The highest BCUT2D eigenvalue weighted by atomic mass is 19.4. The molecule has 126 valence electrons. The fourth-order valence-corrected chi connectivity index (χ4v) is 3.90. The van der Waals surface area contributed by atoms with Crippen molar-refractivity contribution in [3.05, 3.63) is 35.0 Å². The lowest BCUT2D eigenvalue weighted by atomic mass is 9.74. The molecule has 5 heteroatoms. The van der Waals surface area contributed by atoms with Gasteiger partial charge in [0.05, 0.1) is 5.56 Å². The summed E-state index contributed by atoms with van der Waals surface area (Å²) in [4.78, 5) is 3.34. The van der Waals surface area contributed by atoms with Gasteiger partial charge in [0.15, 0.2) is 0 Å². The van der Waals surface area contributed by atoms with Crippen LogP contribution in [0.25, 0.3) is 10.9 Å². The Morgan fingerprint density at radius 2 is 1.87 bits per heavy atom. The Morgan fingerprint density at radius 3 is 2.61 bits per heavy atom. The van der Waals surface area contributed by atoms with Gasteiger partial charge in [-0.3, -0.25) is 0 Å². The van der Waals surface area contributed by atoms with E-state index in [0.717, 1.165) is 54.5 Å². The molecular formula is C18H23F3N2. The number of rotatable bonds is 0.